The molecule has 0 unspecified atom stereocenters. The quantitative estimate of drug-likeness (QED) is 0.682. The molecule has 2 aliphatic rings. The maximum absolute atomic E-state index is 13.2. The van der Waals surface area contributed by atoms with Gasteiger partial charge in [-0.05, 0) is 44.2 Å². The van der Waals surface area contributed by atoms with E-state index >= 15 is 0 Å². The van der Waals surface area contributed by atoms with E-state index in [2.05, 4.69) is 0 Å². The van der Waals surface area contributed by atoms with E-state index in [1.54, 1.807) is 34.1 Å². The summed E-state index contributed by atoms with van der Waals surface area (Å²) in [5, 5.41) is 0. The van der Waals surface area contributed by atoms with Crippen LogP contribution in [-0.4, -0.2) is 85.8 Å². The zero-order valence-electron chi connectivity index (χ0n) is 18.9. The van der Waals surface area contributed by atoms with Crippen molar-refractivity contribution in [2.45, 2.75) is 31.0 Å². The highest BCUT2D eigenvalue weighted by molar-refractivity contribution is 7.89. The van der Waals surface area contributed by atoms with Crippen molar-refractivity contribution in [3.05, 3.63) is 65.7 Å². The number of piperazine rings is 1. The van der Waals surface area contributed by atoms with Crippen LogP contribution in [0.5, 0.6) is 0 Å². The molecule has 2 aliphatic heterocycles. The van der Waals surface area contributed by atoms with Crippen LogP contribution in [0.3, 0.4) is 0 Å². The van der Waals surface area contributed by atoms with Crippen molar-refractivity contribution < 1.29 is 22.7 Å². The number of nitrogens with zero attached hydrogens (tertiary/aromatic N) is 3. The number of amides is 2. The van der Waals surface area contributed by atoms with E-state index < -0.39 is 10.0 Å². The van der Waals surface area contributed by atoms with Gasteiger partial charge in [-0.2, -0.15) is 4.31 Å². The highest BCUT2D eigenvalue weighted by Gasteiger charge is 2.33. The van der Waals surface area contributed by atoms with E-state index in [-0.39, 0.29) is 42.0 Å². The Hall–Kier alpha value is -2.75. The molecule has 4 rings (SSSR count). The molecular formula is C24H29N3O5S. The van der Waals surface area contributed by atoms with Crippen LogP contribution < -0.4 is 0 Å². The lowest BCUT2D eigenvalue weighted by molar-refractivity contribution is -0.0440. The second-order valence-corrected chi connectivity index (χ2v) is 10.5. The van der Waals surface area contributed by atoms with Gasteiger partial charge in [0.15, 0.2) is 0 Å². The van der Waals surface area contributed by atoms with E-state index in [0.717, 1.165) is 0 Å². The van der Waals surface area contributed by atoms with E-state index in [4.69, 9.17) is 4.74 Å². The summed E-state index contributed by atoms with van der Waals surface area (Å²) in [6.07, 6.45) is -0.383. The van der Waals surface area contributed by atoms with Gasteiger partial charge >= 0.3 is 0 Å². The molecule has 0 radical (unpaired) electrons. The second kappa shape index (κ2) is 9.62. The molecule has 0 N–H and O–H groups in total. The molecule has 33 heavy (non-hydrogen) atoms. The third kappa shape index (κ3) is 5.10. The van der Waals surface area contributed by atoms with Crippen molar-refractivity contribution >= 4 is 21.8 Å². The van der Waals surface area contributed by atoms with Crippen LogP contribution in [0.25, 0.3) is 0 Å². The first-order valence-electron chi connectivity index (χ1n) is 11.1. The lowest BCUT2D eigenvalue weighted by Crippen LogP contribution is -2.50. The Bertz CT molecular complexity index is 1100. The molecule has 2 saturated heterocycles. The fraction of sp³-hybridized carbons (Fsp3) is 0.417. The number of carbonyl (C=O) groups excluding carboxylic acids is 2. The minimum absolute atomic E-state index is 0.0512. The van der Waals surface area contributed by atoms with Crippen molar-refractivity contribution in [3.63, 3.8) is 0 Å². The molecule has 0 aromatic heterocycles. The average Bonchev–Trinajstić information content (AvgIpc) is 2.83. The summed E-state index contributed by atoms with van der Waals surface area (Å²) in [5.41, 5.74) is 0.954. The molecule has 2 aromatic rings. The van der Waals surface area contributed by atoms with Gasteiger partial charge in [0.1, 0.15) is 0 Å². The third-order valence-electron chi connectivity index (χ3n) is 5.98. The fourth-order valence-corrected chi connectivity index (χ4v) is 5.96. The predicted octanol–water partition coefficient (Wildman–Crippen LogP) is 2.08. The standard InChI is InChI=1S/C24H29N3O5S/c1-18-16-27(17-19(2)32-18)33(30,31)22-10-6-9-21(15-22)24(29)26-13-11-25(12-14-26)23(28)20-7-4-3-5-8-20/h3-10,15,18-19H,11-14,16-17H2,1-2H3/t18-,19+. The summed E-state index contributed by atoms with van der Waals surface area (Å²) in [6.45, 7) is 5.91. The minimum atomic E-state index is -3.74. The van der Waals surface area contributed by atoms with Crippen LogP contribution in [-0.2, 0) is 14.8 Å². The summed E-state index contributed by atoms with van der Waals surface area (Å²) in [4.78, 5) is 29.2. The van der Waals surface area contributed by atoms with Gasteiger partial charge in [-0.1, -0.05) is 24.3 Å². The molecule has 176 valence electrons. The van der Waals surface area contributed by atoms with Crippen LogP contribution in [0.1, 0.15) is 34.6 Å². The first kappa shape index (κ1) is 23.4. The van der Waals surface area contributed by atoms with Gasteiger partial charge in [-0.25, -0.2) is 8.42 Å². The summed E-state index contributed by atoms with van der Waals surface area (Å²) >= 11 is 0. The molecule has 2 aromatic carbocycles. The normalized spacial score (nSPS) is 22.2. The SMILES string of the molecule is C[C@@H]1CN(S(=O)(=O)c2cccc(C(=O)N3CCN(C(=O)c4ccccc4)CC3)c2)C[C@H](C)O1. The smallest absolute Gasteiger partial charge is 0.254 e. The molecule has 0 saturated carbocycles. The maximum atomic E-state index is 13.2. The van der Waals surface area contributed by atoms with Crippen molar-refractivity contribution in [1.82, 2.24) is 14.1 Å². The summed E-state index contributed by atoms with van der Waals surface area (Å²) in [6, 6.07) is 15.3. The Balaban J connectivity index is 1.44. The number of morpholine rings is 1. The topological polar surface area (TPSA) is 87.2 Å². The maximum Gasteiger partial charge on any atom is 0.254 e. The Morgan fingerprint density at radius 1 is 0.788 bits per heavy atom. The lowest BCUT2D eigenvalue weighted by Gasteiger charge is -2.35. The number of rotatable bonds is 4. The Morgan fingerprint density at radius 2 is 1.30 bits per heavy atom. The summed E-state index contributed by atoms with van der Waals surface area (Å²) < 4.78 is 33.4. The van der Waals surface area contributed by atoms with Gasteiger partial charge in [0.05, 0.1) is 17.1 Å². The molecule has 2 atom stereocenters. The van der Waals surface area contributed by atoms with Gasteiger partial charge in [-0.15, -0.1) is 0 Å². The first-order valence-corrected chi connectivity index (χ1v) is 12.6. The van der Waals surface area contributed by atoms with Crippen LogP contribution in [0.15, 0.2) is 59.5 Å². The number of carbonyl (C=O) groups is 2. The van der Waals surface area contributed by atoms with Crippen LogP contribution in [0.2, 0.25) is 0 Å². The monoisotopic (exact) mass is 471 g/mol. The van der Waals surface area contributed by atoms with Crippen molar-refractivity contribution in [2.24, 2.45) is 0 Å². The lowest BCUT2D eigenvalue weighted by atomic mass is 10.1. The predicted molar refractivity (Wildman–Crippen MR) is 123 cm³/mol. The molecule has 2 heterocycles. The molecule has 8 nitrogen and oxygen atoms in total. The van der Waals surface area contributed by atoms with Gasteiger partial charge in [0.25, 0.3) is 11.8 Å². The van der Waals surface area contributed by atoms with E-state index in [9.17, 15) is 18.0 Å². The van der Waals surface area contributed by atoms with Crippen molar-refractivity contribution in [2.75, 3.05) is 39.3 Å². The largest absolute Gasteiger partial charge is 0.373 e. The van der Waals surface area contributed by atoms with Crippen LogP contribution in [0.4, 0.5) is 0 Å². The summed E-state index contributed by atoms with van der Waals surface area (Å²) in [5.74, 6) is -0.285. The van der Waals surface area contributed by atoms with Gasteiger partial charge in [0.2, 0.25) is 10.0 Å². The van der Waals surface area contributed by atoms with Gasteiger partial charge in [0, 0.05) is 50.4 Å². The van der Waals surface area contributed by atoms with Crippen molar-refractivity contribution in [1.29, 1.82) is 0 Å². The molecular weight excluding hydrogens is 442 g/mol. The van der Waals surface area contributed by atoms with Gasteiger partial charge in [-0.3, -0.25) is 9.59 Å². The first-order chi connectivity index (χ1) is 15.8. The number of sulfonamides is 1. The molecule has 2 fully saturated rings. The molecule has 0 aliphatic carbocycles. The molecule has 0 bridgehead atoms. The Labute approximate surface area is 194 Å². The van der Waals surface area contributed by atoms with Crippen LogP contribution >= 0.6 is 0 Å². The number of hydrogen-bond acceptors (Lipinski definition) is 5. The Kier molecular flexibility index (Phi) is 6.83. The zero-order valence-corrected chi connectivity index (χ0v) is 19.7. The highest BCUT2D eigenvalue weighted by atomic mass is 32.2. The fourth-order valence-electron chi connectivity index (χ4n) is 4.32. The molecule has 2 amide bonds. The van der Waals surface area contributed by atoms with Crippen molar-refractivity contribution in [3.8, 4) is 0 Å². The highest BCUT2D eigenvalue weighted by Crippen LogP contribution is 2.23. The molecule has 9 heteroatoms. The van der Waals surface area contributed by atoms with E-state index in [1.165, 1.54) is 16.4 Å². The van der Waals surface area contributed by atoms with E-state index in [1.807, 2.05) is 32.0 Å². The Morgan fingerprint density at radius 3 is 1.88 bits per heavy atom. The number of ether oxygens (including phenoxy) is 1. The second-order valence-electron chi connectivity index (χ2n) is 8.56. The summed E-state index contributed by atoms with van der Waals surface area (Å²) in [7, 11) is -3.74. The number of benzene rings is 2. The third-order valence-corrected chi connectivity index (χ3v) is 7.81. The van der Waals surface area contributed by atoms with E-state index in [0.29, 0.717) is 37.3 Å². The zero-order chi connectivity index (χ0) is 23.6. The van der Waals surface area contributed by atoms with Gasteiger partial charge < -0.3 is 14.5 Å². The minimum Gasteiger partial charge on any atom is -0.373 e. The van der Waals surface area contributed by atoms with Crippen LogP contribution in [0, 0.1) is 0 Å². The molecule has 0 spiro atoms. The average molecular weight is 472 g/mol. The number of hydrogen-bond donors (Lipinski definition) is 0.